The first-order chi connectivity index (χ1) is 14.1. The molecule has 2 heterocycles. The molecule has 156 valence electrons. The van der Waals surface area contributed by atoms with Gasteiger partial charge in [-0.15, -0.1) is 0 Å². The summed E-state index contributed by atoms with van der Waals surface area (Å²) in [6.07, 6.45) is 1.82. The van der Waals surface area contributed by atoms with Gasteiger partial charge in [-0.25, -0.2) is 4.98 Å². The van der Waals surface area contributed by atoms with Crippen molar-refractivity contribution in [1.82, 2.24) is 20.1 Å². The first-order valence-electron chi connectivity index (χ1n) is 10.0. The SMILES string of the molecule is COc1ccc(C(CNC(=O)CN2CCN(c3ccccn3)CC2)N(C)C)cc1. The number of pyridine rings is 1. The van der Waals surface area contributed by atoms with Gasteiger partial charge in [-0.2, -0.15) is 0 Å². The lowest BCUT2D eigenvalue weighted by molar-refractivity contribution is -0.122. The van der Waals surface area contributed by atoms with Crippen LogP contribution in [-0.4, -0.2) is 81.2 Å². The molecule has 0 saturated carbocycles. The van der Waals surface area contributed by atoms with Crippen molar-refractivity contribution in [2.24, 2.45) is 0 Å². The molecule has 1 fully saturated rings. The molecule has 0 spiro atoms. The first-order valence-corrected chi connectivity index (χ1v) is 10.0. The van der Waals surface area contributed by atoms with E-state index < -0.39 is 0 Å². The Balaban J connectivity index is 1.46. The zero-order valence-electron chi connectivity index (χ0n) is 17.5. The number of carbonyl (C=O) groups excluding carboxylic acids is 1. The number of rotatable bonds is 8. The lowest BCUT2D eigenvalue weighted by atomic mass is 10.1. The molecule has 0 bridgehead atoms. The summed E-state index contributed by atoms with van der Waals surface area (Å²) in [5.41, 5.74) is 1.15. The van der Waals surface area contributed by atoms with Gasteiger partial charge in [0, 0.05) is 38.9 Å². The van der Waals surface area contributed by atoms with E-state index in [4.69, 9.17) is 4.74 Å². The minimum atomic E-state index is 0.0663. The van der Waals surface area contributed by atoms with Gasteiger partial charge in [0.1, 0.15) is 11.6 Å². The standard InChI is InChI=1S/C22H31N5O2/c1-25(2)20(18-7-9-19(29-3)10-8-18)16-24-22(28)17-26-12-14-27(15-13-26)21-6-4-5-11-23-21/h4-11,20H,12-17H2,1-3H3,(H,24,28). The van der Waals surface area contributed by atoms with Gasteiger partial charge in [-0.05, 0) is 43.9 Å². The van der Waals surface area contributed by atoms with Crippen molar-refractivity contribution in [2.45, 2.75) is 6.04 Å². The molecule has 0 radical (unpaired) electrons. The molecule has 1 atom stereocenters. The van der Waals surface area contributed by atoms with Crippen LogP contribution in [0.2, 0.25) is 0 Å². The molecule has 1 aromatic carbocycles. The monoisotopic (exact) mass is 397 g/mol. The predicted molar refractivity (Wildman–Crippen MR) is 115 cm³/mol. The van der Waals surface area contributed by atoms with Gasteiger partial charge in [0.25, 0.3) is 0 Å². The van der Waals surface area contributed by atoms with E-state index in [1.54, 1.807) is 7.11 Å². The highest BCUT2D eigenvalue weighted by atomic mass is 16.5. The van der Waals surface area contributed by atoms with Gasteiger partial charge in [0.15, 0.2) is 0 Å². The van der Waals surface area contributed by atoms with Crippen LogP contribution in [0.5, 0.6) is 5.75 Å². The average Bonchev–Trinajstić information content (AvgIpc) is 2.75. The Kier molecular flexibility index (Phi) is 7.43. The fraction of sp³-hybridized carbons (Fsp3) is 0.455. The molecular formula is C22H31N5O2. The molecule has 1 aromatic heterocycles. The van der Waals surface area contributed by atoms with E-state index in [1.165, 1.54) is 0 Å². The number of aromatic nitrogens is 1. The Morgan fingerprint density at radius 1 is 1.14 bits per heavy atom. The number of ether oxygens (including phenoxy) is 1. The van der Waals surface area contributed by atoms with Gasteiger partial charge < -0.3 is 19.9 Å². The van der Waals surface area contributed by atoms with Crippen LogP contribution in [-0.2, 0) is 4.79 Å². The minimum absolute atomic E-state index is 0.0663. The third-order valence-electron chi connectivity index (χ3n) is 5.33. The lowest BCUT2D eigenvalue weighted by Crippen LogP contribution is -2.50. The van der Waals surface area contributed by atoms with Gasteiger partial charge in [-0.3, -0.25) is 9.69 Å². The van der Waals surface area contributed by atoms with Crippen LogP contribution in [0.1, 0.15) is 11.6 Å². The zero-order chi connectivity index (χ0) is 20.6. The van der Waals surface area contributed by atoms with Crippen LogP contribution >= 0.6 is 0 Å². The van der Waals surface area contributed by atoms with E-state index in [9.17, 15) is 4.79 Å². The van der Waals surface area contributed by atoms with Crippen molar-refractivity contribution in [3.05, 3.63) is 54.2 Å². The normalized spacial score (nSPS) is 15.9. The predicted octanol–water partition coefficient (Wildman–Crippen LogP) is 1.63. The van der Waals surface area contributed by atoms with E-state index in [-0.39, 0.29) is 11.9 Å². The second-order valence-corrected chi connectivity index (χ2v) is 7.51. The third kappa shape index (κ3) is 5.92. The number of hydrogen-bond acceptors (Lipinski definition) is 6. The summed E-state index contributed by atoms with van der Waals surface area (Å²) >= 11 is 0. The summed E-state index contributed by atoms with van der Waals surface area (Å²) in [5.74, 6) is 1.90. The Labute approximate surface area is 173 Å². The summed E-state index contributed by atoms with van der Waals surface area (Å²) < 4.78 is 5.23. The number of amides is 1. The molecule has 1 N–H and O–H groups in total. The molecular weight excluding hydrogens is 366 g/mol. The van der Waals surface area contributed by atoms with Crippen molar-refractivity contribution in [1.29, 1.82) is 0 Å². The van der Waals surface area contributed by atoms with E-state index in [1.807, 2.05) is 62.8 Å². The molecule has 1 amide bonds. The van der Waals surface area contributed by atoms with Crippen LogP contribution in [0.3, 0.4) is 0 Å². The zero-order valence-corrected chi connectivity index (χ0v) is 17.5. The molecule has 29 heavy (non-hydrogen) atoms. The molecule has 1 aliphatic heterocycles. The quantitative estimate of drug-likeness (QED) is 0.731. The highest BCUT2D eigenvalue weighted by molar-refractivity contribution is 5.78. The molecule has 1 aliphatic rings. The number of piperazine rings is 1. The highest BCUT2D eigenvalue weighted by Crippen LogP contribution is 2.20. The van der Waals surface area contributed by atoms with Crippen molar-refractivity contribution in [3.8, 4) is 5.75 Å². The molecule has 1 saturated heterocycles. The van der Waals surface area contributed by atoms with Gasteiger partial charge in [-0.1, -0.05) is 18.2 Å². The van der Waals surface area contributed by atoms with Gasteiger partial charge in [0.2, 0.25) is 5.91 Å². The topological polar surface area (TPSA) is 60.9 Å². The number of carbonyl (C=O) groups is 1. The van der Waals surface area contributed by atoms with Crippen molar-refractivity contribution >= 4 is 11.7 Å². The molecule has 2 aromatic rings. The number of hydrogen-bond donors (Lipinski definition) is 1. The van der Waals surface area contributed by atoms with Crippen LogP contribution in [0.15, 0.2) is 48.7 Å². The van der Waals surface area contributed by atoms with Gasteiger partial charge >= 0.3 is 0 Å². The maximum absolute atomic E-state index is 12.5. The van der Waals surface area contributed by atoms with Crippen LogP contribution in [0.4, 0.5) is 5.82 Å². The molecule has 0 aliphatic carbocycles. The largest absolute Gasteiger partial charge is 0.497 e. The Bertz CT molecular complexity index is 759. The van der Waals surface area contributed by atoms with Crippen LogP contribution < -0.4 is 15.0 Å². The van der Waals surface area contributed by atoms with E-state index in [2.05, 4.69) is 25.0 Å². The number of methoxy groups -OCH3 is 1. The number of anilines is 1. The maximum Gasteiger partial charge on any atom is 0.234 e. The van der Waals surface area contributed by atoms with Crippen LogP contribution in [0, 0.1) is 0 Å². The van der Waals surface area contributed by atoms with E-state index in [0.717, 1.165) is 43.3 Å². The third-order valence-corrected chi connectivity index (χ3v) is 5.33. The summed E-state index contributed by atoms with van der Waals surface area (Å²) in [4.78, 5) is 23.5. The summed E-state index contributed by atoms with van der Waals surface area (Å²) in [6, 6.07) is 14.1. The smallest absolute Gasteiger partial charge is 0.234 e. The Hall–Kier alpha value is -2.64. The van der Waals surface area contributed by atoms with Crippen molar-refractivity contribution < 1.29 is 9.53 Å². The first kappa shape index (κ1) is 21.1. The van der Waals surface area contributed by atoms with Gasteiger partial charge in [0.05, 0.1) is 19.7 Å². The van der Waals surface area contributed by atoms with Crippen molar-refractivity contribution in [2.75, 3.05) is 65.4 Å². The minimum Gasteiger partial charge on any atom is -0.497 e. The Morgan fingerprint density at radius 3 is 2.45 bits per heavy atom. The summed E-state index contributed by atoms with van der Waals surface area (Å²) in [5, 5.41) is 3.10. The summed E-state index contributed by atoms with van der Waals surface area (Å²) in [6.45, 7) is 4.50. The molecule has 1 unspecified atom stereocenters. The Morgan fingerprint density at radius 2 is 1.86 bits per heavy atom. The molecule has 3 rings (SSSR count). The maximum atomic E-state index is 12.5. The van der Waals surface area contributed by atoms with Crippen molar-refractivity contribution in [3.63, 3.8) is 0 Å². The van der Waals surface area contributed by atoms with E-state index >= 15 is 0 Å². The number of likely N-dealkylation sites (N-methyl/N-ethyl adjacent to an activating group) is 1. The summed E-state index contributed by atoms with van der Waals surface area (Å²) in [7, 11) is 5.71. The second kappa shape index (κ2) is 10.2. The lowest BCUT2D eigenvalue weighted by Gasteiger charge is -2.35. The fourth-order valence-electron chi connectivity index (χ4n) is 3.57. The van der Waals surface area contributed by atoms with E-state index in [0.29, 0.717) is 13.1 Å². The average molecular weight is 398 g/mol. The number of nitrogens with zero attached hydrogens (tertiary/aromatic N) is 4. The molecule has 7 nitrogen and oxygen atoms in total. The van der Waals surface area contributed by atoms with Crippen LogP contribution in [0.25, 0.3) is 0 Å². The second-order valence-electron chi connectivity index (χ2n) is 7.51. The number of benzene rings is 1. The molecule has 7 heteroatoms. The highest BCUT2D eigenvalue weighted by Gasteiger charge is 2.21. The number of nitrogens with one attached hydrogen (secondary N) is 1. The fourth-order valence-corrected chi connectivity index (χ4v) is 3.57.